The van der Waals surface area contributed by atoms with Gasteiger partial charge in [0.25, 0.3) is 5.69 Å². The van der Waals surface area contributed by atoms with E-state index in [-0.39, 0.29) is 11.6 Å². The van der Waals surface area contributed by atoms with E-state index in [1.54, 1.807) is 19.1 Å². The standard InChI is InChI=1S/C14H14N2O3/c1-2-3-4-10-15-14(17)9-8-12-6-5-7-13(11-12)16(18)19/h5-9,11H,4,10H2,1H3,(H,15,17)/b9-8+. The van der Waals surface area contributed by atoms with Gasteiger partial charge in [0.05, 0.1) is 4.92 Å². The average molecular weight is 258 g/mol. The third-order valence-corrected chi connectivity index (χ3v) is 2.23. The largest absolute Gasteiger partial charge is 0.352 e. The summed E-state index contributed by atoms with van der Waals surface area (Å²) in [5.41, 5.74) is 0.610. The Balaban J connectivity index is 2.55. The number of benzene rings is 1. The number of rotatable bonds is 5. The maximum atomic E-state index is 11.4. The second-order valence-corrected chi connectivity index (χ2v) is 3.65. The van der Waals surface area contributed by atoms with Crippen LogP contribution in [0.2, 0.25) is 0 Å². The number of carbonyl (C=O) groups excluding carboxylic acids is 1. The van der Waals surface area contributed by atoms with Crippen LogP contribution in [0.1, 0.15) is 18.9 Å². The fourth-order valence-corrected chi connectivity index (χ4v) is 1.35. The Bertz CT molecular complexity index is 553. The molecule has 0 heterocycles. The number of nitro groups is 1. The SMILES string of the molecule is CC#CCCNC(=O)/C=C/c1cccc([N+](=O)[O-])c1. The van der Waals surface area contributed by atoms with Crippen molar-refractivity contribution < 1.29 is 9.72 Å². The minimum atomic E-state index is -0.471. The Morgan fingerprint density at radius 3 is 3.00 bits per heavy atom. The maximum absolute atomic E-state index is 11.4. The molecule has 98 valence electrons. The molecule has 1 rings (SSSR count). The van der Waals surface area contributed by atoms with Crippen LogP contribution in [0, 0.1) is 22.0 Å². The highest BCUT2D eigenvalue weighted by Gasteiger charge is 2.03. The number of nitrogens with zero attached hydrogens (tertiary/aromatic N) is 1. The van der Waals surface area contributed by atoms with Crippen molar-refractivity contribution in [2.75, 3.05) is 6.54 Å². The zero-order valence-corrected chi connectivity index (χ0v) is 10.6. The molecule has 0 unspecified atom stereocenters. The molecule has 5 heteroatoms. The lowest BCUT2D eigenvalue weighted by Gasteiger charge is -1.97. The molecule has 19 heavy (non-hydrogen) atoms. The third-order valence-electron chi connectivity index (χ3n) is 2.23. The average Bonchev–Trinajstić information content (AvgIpc) is 2.41. The van der Waals surface area contributed by atoms with Crippen molar-refractivity contribution in [1.29, 1.82) is 0 Å². The van der Waals surface area contributed by atoms with Crippen molar-refractivity contribution in [3.05, 3.63) is 46.0 Å². The lowest BCUT2D eigenvalue weighted by molar-refractivity contribution is -0.384. The van der Waals surface area contributed by atoms with Gasteiger partial charge in [-0.05, 0) is 18.6 Å². The molecule has 1 aromatic carbocycles. The fraction of sp³-hybridized carbons (Fsp3) is 0.214. The minimum Gasteiger partial charge on any atom is -0.352 e. The number of nitrogens with one attached hydrogen (secondary N) is 1. The van der Waals surface area contributed by atoms with Gasteiger partial charge >= 0.3 is 0 Å². The predicted octanol–water partition coefficient (Wildman–Crippen LogP) is 2.14. The summed E-state index contributed by atoms with van der Waals surface area (Å²) < 4.78 is 0. The van der Waals surface area contributed by atoms with E-state index in [1.165, 1.54) is 24.3 Å². The first kappa shape index (κ1) is 14.5. The first-order valence-electron chi connectivity index (χ1n) is 5.73. The number of carbonyl (C=O) groups is 1. The lowest BCUT2D eigenvalue weighted by atomic mass is 10.2. The second-order valence-electron chi connectivity index (χ2n) is 3.65. The molecule has 0 aliphatic heterocycles. The number of amides is 1. The number of nitro benzene ring substituents is 1. The van der Waals surface area contributed by atoms with E-state index in [9.17, 15) is 14.9 Å². The van der Waals surface area contributed by atoms with E-state index < -0.39 is 4.92 Å². The number of hydrogen-bond acceptors (Lipinski definition) is 3. The van der Waals surface area contributed by atoms with Crippen LogP contribution in [0.15, 0.2) is 30.3 Å². The zero-order chi connectivity index (χ0) is 14.1. The Morgan fingerprint density at radius 2 is 2.32 bits per heavy atom. The Hall–Kier alpha value is -2.61. The van der Waals surface area contributed by atoms with Crippen LogP contribution in [0.25, 0.3) is 6.08 Å². The lowest BCUT2D eigenvalue weighted by Crippen LogP contribution is -2.21. The summed E-state index contributed by atoms with van der Waals surface area (Å²) in [7, 11) is 0. The highest BCUT2D eigenvalue weighted by atomic mass is 16.6. The van der Waals surface area contributed by atoms with Crippen LogP contribution < -0.4 is 5.32 Å². The molecule has 0 aromatic heterocycles. The van der Waals surface area contributed by atoms with Gasteiger partial charge < -0.3 is 5.32 Å². The Morgan fingerprint density at radius 1 is 1.53 bits per heavy atom. The van der Waals surface area contributed by atoms with E-state index in [1.807, 2.05) is 0 Å². The van der Waals surface area contributed by atoms with Crippen molar-refractivity contribution in [2.24, 2.45) is 0 Å². The molecule has 0 atom stereocenters. The van der Waals surface area contributed by atoms with Gasteiger partial charge in [-0.25, -0.2) is 0 Å². The van der Waals surface area contributed by atoms with Gasteiger partial charge in [-0.1, -0.05) is 12.1 Å². The Labute approximate surface area is 111 Å². The fourth-order valence-electron chi connectivity index (χ4n) is 1.35. The molecule has 0 spiro atoms. The molecule has 1 N–H and O–H groups in total. The maximum Gasteiger partial charge on any atom is 0.270 e. The second kappa shape index (κ2) is 7.67. The van der Waals surface area contributed by atoms with Gasteiger partial charge in [0.1, 0.15) is 0 Å². The van der Waals surface area contributed by atoms with E-state index in [4.69, 9.17) is 0 Å². The molecule has 0 saturated heterocycles. The van der Waals surface area contributed by atoms with E-state index >= 15 is 0 Å². The highest BCUT2D eigenvalue weighted by Crippen LogP contribution is 2.13. The van der Waals surface area contributed by atoms with Crippen molar-refractivity contribution in [3.8, 4) is 11.8 Å². The van der Waals surface area contributed by atoms with Gasteiger partial charge in [0, 0.05) is 31.2 Å². The number of non-ortho nitro benzene ring substituents is 1. The van der Waals surface area contributed by atoms with Crippen LogP contribution in [0.5, 0.6) is 0 Å². The molecular weight excluding hydrogens is 244 g/mol. The Kier molecular flexibility index (Phi) is 5.83. The first-order valence-corrected chi connectivity index (χ1v) is 5.73. The number of hydrogen-bond donors (Lipinski definition) is 1. The monoisotopic (exact) mass is 258 g/mol. The zero-order valence-electron chi connectivity index (χ0n) is 10.6. The van der Waals surface area contributed by atoms with Crippen LogP contribution in [-0.4, -0.2) is 17.4 Å². The molecule has 1 amide bonds. The summed E-state index contributed by atoms with van der Waals surface area (Å²) in [5, 5.41) is 13.2. The molecule has 0 radical (unpaired) electrons. The summed E-state index contributed by atoms with van der Waals surface area (Å²) in [6.45, 7) is 2.23. The molecule has 1 aromatic rings. The summed E-state index contributed by atoms with van der Waals surface area (Å²) in [5.74, 6) is 5.32. The van der Waals surface area contributed by atoms with Crippen LogP contribution in [0.3, 0.4) is 0 Å². The van der Waals surface area contributed by atoms with Crippen LogP contribution in [0.4, 0.5) is 5.69 Å². The van der Waals surface area contributed by atoms with Crippen LogP contribution in [-0.2, 0) is 4.79 Å². The van der Waals surface area contributed by atoms with Gasteiger partial charge in [-0.3, -0.25) is 14.9 Å². The normalized spacial score (nSPS) is 9.74. The topological polar surface area (TPSA) is 72.2 Å². The van der Waals surface area contributed by atoms with Crippen molar-refractivity contribution in [3.63, 3.8) is 0 Å². The molecule has 5 nitrogen and oxygen atoms in total. The van der Waals surface area contributed by atoms with Crippen molar-refractivity contribution >= 4 is 17.7 Å². The van der Waals surface area contributed by atoms with Gasteiger partial charge in [-0.15, -0.1) is 11.8 Å². The molecule has 0 aliphatic rings. The van der Waals surface area contributed by atoms with Crippen molar-refractivity contribution in [1.82, 2.24) is 5.32 Å². The van der Waals surface area contributed by atoms with Crippen LogP contribution >= 0.6 is 0 Å². The van der Waals surface area contributed by atoms with E-state index in [2.05, 4.69) is 17.2 Å². The quantitative estimate of drug-likeness (QED) is 0.289. The third kappa shape index (κ3) is 5.50. The van der Waals surface area contributed by atoms with Gasteiger partial charge in [-0.2, -0.15) is 0 Å². The summed E-state index contributed by atoms with van der Waals surface area (Å²) >= 11 is 0. The highest BCUT2D eigenvalue weighted by molar-refractivity contribution is 5.91. The summed E-state index contributed by atoms with van der Waals surface area (Å²) in [6.07, 6.45) is 3.49. The first-order chi connectivity index (χ1) is 9.13. The molecule has 0 saturated carbocycles. The minimum absolute atomic E-state index is 0.000721. The summed E-state index contributed by atoms with van der Waals surface area (Å²) in [4.78, 5) is 21.5. The molecule has 0 aliphatic carbocycles. The van der Waals surface area contributed by atoms with Gasteiger partial charge in [0.15, 0.2) is 0 Å². The molecule has 0 fully saturated rings. The summed E-state index contributed by atoms with van der Waals surface area (Å²) in [6, 6.07) is 6.08. The van der Waals surface area contributed by atoms with E-state index in [0.29, 0.717) is 18.5 Å². The molecular formula is C14H14N2O3. The van der Waals surface area contributed by atoms with Gasteiger partial charge in [0.2, 0.25) is 5.91 Å². The smallest absolute Gasteiger partial charge is 0.270 e. The predicted molar refractivity (Wildman–Crippen MR) is 73.2 cm³/mol. The van der Waals surface area contributed by atoms with E-state index in [0.717, 1.165) is 0 Å². The van der Waals surface area contributed by atoms with Crippen molar-refractivity contribution in [2.45, 2.75) is 13.3 Å². The molecule has 0 bridgehead atoms.